The number of oxazole rings is 1. The molecular weight excluding hydrogens is 332 g/mol. The number of rotatable bonds is 4. The van der Waals surface area contributed by atoms with Crippen LogP contribution in [0.3, 0.4) is 0 Å². The molecular formula is C19H22N4O3. The Morgan fingerprint density at radius 2 is 2.12 bits per heavy atom. The second-order valence-corrected chi connectivity index (χ2v) is 6.88. The fourth-order valence-corrected chi connectivity index (χ4v) is 3.78. The third kappa shape index (κ3) is 3.35. The third-order valence-electron chi connectivity index (χ3n) is 5.02. The molecule has 7 nitrogen and oxygen atoms in total. The summed E-state index contributed by atoms with van der Waals surface area (Å²) in [5, 5.41) is 0. The Balaban J connectivity index is 1.47. The van der Waals surface area contributed by atoms with Crippen LogP contribution >= 0.6 is 0 Å². The molecule has 7 heteroatoms. The first-order valence-corrected chi connectivity index (χ1v) is 8.99. The lowest BCUT2D eigenvalue weighted by molar-refractivity contribution is 0.198. The summed E-state index contributed by atoms with van der Waals surface area (Å²) in [7, 11) is 0. The van der Waals surface area contributed by atoms with Gasteiger partial charge in [0.25, 0.3) is 5.56 Å². The van der Waals surface area contributed by atoms with Crippen molar-refractivity contribution in [3.05, 3.63) is 62.8 Å². The number of hydrogen-bond acceptors (Lipinski definition) is 5. The topological polar surface area (TPSA) is 84.1 Å². The number of aromatic amines is 1. The van der Waals surface area contributed by atoms with Gasteiger partial charge in [0.2, 0.25) is 0 Å². The molecule has 3 heterocycles. The van der Waals surface area contributed by atoms with E-state index >= 15 is 0 Å². The van der Waals surface area contributed by atoms with Gasteiger partial charge >= 0.3 is 5.76 Å². The van der Waals surface area contributed by atoms with Crippen LogP contribution in [0.5, 0.6) is 0 Å². The van der Waals surface area contributed by atoms with Crippen LogP contribution in [0.15, 0.2) is 44.3 Å². The van der Waals surface area contributed by atoms with E-state index in [2.05, 4.69) is 14.9 Å². The van der Waals surface area contributed by atoms with Gasteiger partial charge < -0.3 is 14.3 Å². The van der Waals surface area contributed by atoms with Gasteiger partial charge in [-0.25, -0.2) is 9.78 Å². The van der Waals surface area contributed by atoms with Crippen molar-refractivity contribution in [1.29, 1.82) is 0 Å². The quantitative estimate of drug-likeness (QED) is 0.773. The van der Waals surface area contributed by atoms with Crippen molar-refractivity contribution >= 4 is 11.1 Å². The van der Waals surface area contributed by atoms with E-state index in [0.717, 1.165) is 43.7 Å². The summed E-state index contributed by atoms with van der Waals surface area (Å²) in [6, 6.07) is 9.09. The molecule has 0 saturated carbocycles. The minimum absolute atomic E-state index is 0.0963. The minimum atomic E-state index is -0.313. The molecule has 1 N–H and O–H groups in total. The van der Waals surface area contributed by atoms with Gasteiger partial charge in [-0.15, -0.1) is 0 Å². The number of nitrogens with zero attached hydrogens (tertiary/aromatic N) is 3. The largest absolute Gasteiger partial charge is 0.419 e. The van der Waals surface area contributed by atoms with Gasteiger partial charge in [0, 0.05) is 31.6 Å². The van der Waals surface area contributed by atoms with E-state index in [1.165, 1.54) is 0 Å². The van der Waals surface area contributed by atoms with Crippen LogP contribution in [0.25, 0.3) is 11.1 Å². The molecule has 4 rings (SSSR count). The zero-order valence-electron chi connectivity index (χ0n) is 14.8. The molecule has 3 aromatic rings. The Morgan fingerprint density at radius 1 is 1.27 bits per heavy atom. The number of hydrogen-bond donors (Lipinski definition) is 1. The number of benzene rings is 1. The second kappa shape index (κ2) is 6.92. The molecule has 0 spiro atoms. The number of H-pyrrole nitrogens is 1. The molecule has 1 atom stereocenters. The molecule has 1 aliphatic rings. The van der Waals surface area contributed by atoms with E-state index in [4.69, 9.17) is 4.42 Å². The third-order valence-corrected chi connectivity index (χ3v) is 5.02. The first kappa shape index (κ1) is 16.8. The highest BCUT2D eigenvalue weighted by atomic mass is 16.4. The number of aryl methyl sites for hydroxylation is 1. The number of para-hydroxylation sites is 2. The molecule has 1 fully saturated rings. The van der Waals surface area contributed by atoms with E-state index < -0.39 is 0 Å². The average molecular weight is 354 g/mol. The molecule has 1 aromatic carbocycles. The van der Waals surface area contributed by atoms with E-state index in [-0.39, 0.29) is 17.2 Å². The second-order valence-electron chi connectivity index (χ2n) is 6.88. The Labute approximate surface area is 150 Å². The van der Waals surface area contributed by atoms with Crippen molar-refractivity contribution < 1.29 is 4.42 Å². The van der Waals surface area contributed by atoms with Gasteiger partial charge in [-0.1, -0.05) is 12.1 Å². The zero-order valence-corrected chi connectivity index (χ0v) is 14.8. The maximum atomic E-state index is 12.1. The first-order chi connectivity index (χ1) is 12.6. The van der Waals surface area contributed by atoms with Crippen molar-refractivity contribution in [3.8, 4) is 0 Å². The van der Waals surface area contributed by atoms with E-state index in [9.17, 15) is 9.59 Å². The van der Waals surface area contributed by atoms with Crippen LogP contribution < -0.4 is 11.3 Å². The summed E-state index contributed by atoms with van der Waals surface area (Å²) < 4.78 is 6.99. The van der Waals surface area contributed by atoms with Crippen molar-refractivity contribution in [1.82, 2.24) is 19.4 Å². The van der Waals surface area contributed by atoms with Crippen LogP contribution in [-0.4, -0.2) is 39.1 Å². The maximum Gasteiger partial charge on any atom is 0.419 e. The Kier molecular flexibility index (Phi) is 4.46. The Hall–Kier alpha value is -2.67. The highest BCUT2D eigenvalue weighted by Crippen LogP contribution is 2.25. The monoisotopic (exact) mass is 354 g/mol. The van der Waals surface area contributed by atoms with Gasteiger partial charge in [0.15, 0.2) is 5.58 Å². The highest BCUT2D eigenvalue weighted by molar-refractivity contribution is 5.72. The molecule has 1 aliphatic heterocycles. The van der Waals surface area contributed by atoms with Gasteiger partial charge in [0.05, 0.1) is 11.2 Å². The lowest BCUT2D eigenvalue weighted by Crippen LogP contribution is -2.38. The average Bonchev–Trinajstić information content (AvgIpc) is 2.94. The maximum absolute atomic E-state index is 12.1. The van der Waals surface area contributed by atoms with Gasteiger partial charge in [-0.2, -0.15) is 0 Å². The van der Waals surface area contributed by atoms with Crippen LogP contribution in [0.1, 0.15) is 30.3 Å². The van der Waals surface area contributed by atoms with Crippen LogP contribution in [0.4, 0.5) is 0 Å². The van der Waals surface area contributed by atoms with Crippen molar-refractivity contribution in [2.75, 3.05) is 19.6 Å². The van der Waals surface area contributed by atoms with Gasteiger partial charge in [-0.05, 0) is 38.4 Å². The fourth-order valence-electron chi connectivity index (χ4n) is 3.78. The predicted octanol–water partition coefficient (Wildman–Crippen LogP) is 1.87. The standard InChI is InChI=1S/C19H22N4O3/c1-13-20-15(11-18(24)21-13)14-5-4-8-22(12-14)9-10-23-16-6-2-3-7-17(16)26-19(23)25/h2-3,6-7,11,14H,4-5,8-10,12H2,1H3,(H,20,21,24). The Morgan fingerprint density at radius 3 is 2.96 bits per heavy atom. The summed E-state index contributed by atoms with van der Waals surface area (Å²) in [6.07, 6.45) is 2.08. The number of fused-ring (bicyclic) bond motifs is 1. The summed E-state index contributed by atoms with van der Waals surface area (Å²) in [5.41, 5.74) is 2.22. The number of aromatic nitrogens is 3. The SMILES string of the molecule is Cc1nc(C2CCCN(CCn3c(=O)oc4ccccc43)C2)cc(=O)[nH]1. The van der Waals surface area contributed by atoms with E-state index in [1.807, 2.05) is 31.2 Å². The van der Waals surface area contributed by atoms with Crippen LogP contribution in [0.2, 0.25) is 0 Å². The van der Waals surface area contributed by atoms with Crippen molar-refractivity contribution in [2.45, 2.75) is 32.2 Å². The number of nitrogens with one attached hydrogen (secondary N) is 1. The molecule has 1 unspecified atom stereocenters. The first-order valence-electron chi connectivity index (χ1n) is 8.99. The summed E-state index contributed by atoms with van der Waals surface area (Å²) in [4.78, 5) is 33.4. The molecule has 136 valence electrons. The normalized spacial score (nSPS) is 18.4. The smallest absolute Gasteiger partial charge is 0.408 e. The van der Waals surface area contributed by atoms with Gasteiger partial charge in [-0.3, -0.25) is 9.36 Å². The predicted molar refractivity (Wildman–Crippen MR) is 98.5 cm³/mol. The molecule has 0 bridgehead atoms. The van der Waals surface area contributed by atoms with Crippen LogP contribution in [0, 0.1) is 6.92 Å². The fraction of sp³-hybridized carbons (Fsp3) is 0.421. The molecule has 0 radical (unpaired) electrons. The highest BCUT2D eigenvalue weighted by Gasteiger charge is 2.23. The molecule has 0 aliphatic carbocycles. The Bertz CT molecular complexity index is 1030. The number of likely N-dealkylation sites (tertiary alicyclic amines) is 1. The lowest BCUT2D eigenvalue weighted by Gasteiger charge is -2.32. The van der Waals surface area contributed by atoms with Crippen molar-refractivity contribution in [3.63, 3.8) is 0 Å². The summed E-state index contributed by atoms with van der Waals surface area (Å²) in [5.74, 6) is 0.593. The summed E-state index contributed by atoms with van der Waals surface area (Å²) >= 11 is 0. The van der Waals surface area contributed by atoms with Crippen LogP contribution in [-0.2, 0) is 6.54 Å². The van der Waals surface area contributed by atoms with E-state index in [0.29, 0.717) is 18.0 Å². The summed E-state index contributed by atoms with van der Waals surface area (Å²) in [6.45, 7) is 5.00. The zero-order chi connectivity index (χ0) is 18.1. The molecule has 0 amide bonds. The molecule has 26 heavy (non-hydrogen) atoms. The van der Waals surface area contributed by atoms with Crippen molar-refractivity contribution in [2.24, 2.45) is 0 Å². The molecule has 2 aromatic heterocycles. The van der Waals surface area contributed by atoms with Gasteiger partial charge in [0.1, 0.15) is 5.82 Å². The molecule has 1 saturated heterocycles. The number of piperidine rings is 1. The van der Waals surface area contributed by atoms with E-state index in [1.54, 1.807) is 10.6 Å². The minimum Gasteiger partial charge on any atom is -0.408 e. The lowest BCUT2D eigenvalue weighted by atomic mass is 9.94.